The monoisotopic (exact) mass is 265 g/mol. The summed E-state index contributed by atoms with van der Waals surface area (Å²) in [5.74, 6) is -0.764. The lowest BCUT2D eigenvalue weighted by Crippen LogP contribution is -2.34. The van der Waals surface area contributed by atoms with Gasteiger partial charge in [0.25, 0.3) is 0 Å². The summed E-state index contributed by atoms with van der Waals surface area (Å²) in [5.41, 5.74) is 0.221. The van der Waals surface area contributed by atoms with Gasteiger partial charge in [0.1, 0.15) is 12.4 Å². The lowest BCUT2D eigenvalue weighted by molar-refractivity contribution is -0.119. The second kappa shape index (κ2) is 5.56. The number of anilines is 1. The van der Waals surface area contributed by atoms with Gasteiger partial charge in [0.15, 0.2) is 0 Å². The van der Waals surface area contributed by atoms with E-state index in [1.54, 1.807) is 0 Å². The van der Waals surface area contributed by atoms with E-state index in [-0.39, 0.29) is 12.2 Å². The molecule has 1 rings (SSSR count). The van der Waals surface area contributed by atoms with Crippen LogP contribution in [0.4, 0.5) is 23.2 Å². The van der Waals surface area contributed by atoms with E-state index in [1.165, 1.54) is 26.0 Å². The number of nitrogens with zero attached hydrogens (tertiary/aromatic N) is 1. The summed E-state index contributed by atoms with van der Waals surface area (Å²) < 4.78 is 50.6. The van der Waals surface area contributed by atoms with Crippen molar-refractivity contribution < 1.29 is 22.7 Å². The minimum atomic E-state index is -4.38. The first-order valence-corrected chi connectivity index (χ1v) is 5.53. The van der Waals surface area contributed by atoms with Crippen LogP contribution in [-0.4, -0.2) is 24.4 Å². The van der Waals surface area contributed by atoms with E-state index in [0.717, 1.165) is 11.0 Å². The fraction of sp³-hybridized carbons (Fsp3) is 0.500. The lowest BCUT2D eigenvalue weighted by atomic mass is 10.1. The Balaban J connectivity index is 3.00. The quantitative estimate of drug-likeness (QED) is 0.845. The molecule has 1 N–H and O–H groups in total. The largest absolute Gasteiger partial charge is 0.405 e. The highest BCUT2D eigenvalue weighted by molar-refractivity contribution is 5.49. The van der Waals surface area contributed by atoms with Crippen LogP contribution in [0.5, 0.6) is 0 Å². The van der Waals surface area contributed by atoms with Crippen molar-refractivity contribution in [3.63, 3.8) is 0 Å². The third-order valence-corrected chi connectivity index (χ3v) is 2.55. The Morgan fingerprint density at radius 2 is 1.94 bits per heavy atom. The zero-order chi connectivity index (χ0) is 13.9. The van der Waals surface area contributed by atoms with Gasteiger partial charge in [-0.2, -0.15) is 13.2 Å². The molecule has 1 aromatic rings. The summed E-state index contributed by atoms with van der Waals surface area (Å²) in [6.07, 6.45) is -5.24. The smallest absolute Gasteiger partial charge is 0.389 e. The minimum absolute atomic E-state index is 0.0461. The lowest BCUT2D eigenvalue weighted by Gasteiger charge is -2.25. The number of halogens is 4. The van der Waals surface area contributed by atoms with Crippen molar-refractivity contribution >= 4 is 5.69 Å². The molecule has 0 aliphatic rings. The molecule has 0 spiro atoms. The molecule has 0 aromatic heterocycles. The average molecular weight is 265 g/mol. The number of aliphatic hydroxyl groups is 1. The second-order valence-corrected chi connectivity index (χ2v) is 4.02. The molecule has 0 saturated heterocycles. The molecule has 18 heavy (non-hydrogen) atoms. The highest BCUT2D eigenvalue weighted by atomic mass is 19.4. The van der Waals surface area contributed by atoms with E-state index >= 15 is 0 Å². The number of benzene rings is 1. The van der Waals surface area contributed by atoms with Crippen LogP contribution in [-0.2, 0) is 0 Å². The number of aliphatic hydroxyl groups excluding tert-OH is 1. The summed E-state index contributed by atoms with van der Waals surface area (Å²) in [4.78, 5) is 0.904. The first kappa shape index (κ1) is 14.8. The highest BCUT2D eigenvalue weighted by Gasteiger charge is 2.31. The zero-order valence-electron chi connectivity index (χ0n) is 10.1. The summed E-state index contributed by atoms with van der Waals surface area (Å²) in [7, 11) is 0. The maximum Gasteiger partial charge on any atom is 0.405 e. The van der Waals surface area contributed by atoms with Crippen LogP contribution >= 0.6 is 0 Å². The molecule has 0 heterocycles. The summed E-state index contributed by atoms with van der Waals surface area (Å²) in [6, 6.07) is 3.73. The SMILES string of the molecule is CCN(CC(F)(F)F)c1ccc([C@H](C)O)cc1F. The molecule has 0 aliphatic heterocycles. The molecule has 0 unspecified atom stereocenters. The third-order valence-electron chi connectivity index (χ3n) is 2.55. The predicted molar refractivity (Wildman–Crippen MR) is 61.0 cm³/mol. The van der Waals surface area contributed by atoms with Gasteiger partial charge in [-0.25, -0.2) is 4.39 Å². The molecule has 0 fully saturated rings. The van der Waals surface area contributed by atoms with Gasteiger partial charge in [-0.15, -0.1) is 0 Å². The van der Waals surface area contributed by atoms with Crippen molar-refractivity contribution in [2.75, 3.05) is 18.0 Å². The van der Waals surface area contributed by atoms with Gasteiger partial charge in [-0.05, 0) is 31.5 Å². The highest BCUT2D eigenvalue weighted by Crippen LogP contribution is 2.26. The molecular weight excluding hydrogens is 250 g/mol. The summed E-state index contributed by atoms with van der Waals surface area (Å²) in [5, 5.41) is 9.26. The van der Waals surface area contributed by atoms with E-state index in [9.17, 15) is 22.7 Å². The average Bonchev–Trinajstić information content (AvgIpc) is 2.24. The zero-order valence-corrected chi connectivity index (χ0v) is 10.1. The Kier molecular flexibility index (Phi) is 4.56. The Morgan fingerprint density at radius 3 is 2.33 bits per heavy atom. The minimum Gasteiger partial charge on any atom is -0.389 e. The van der Waals surface area contributed by atoms with Crippen LogP contribution in [0, 0.1) is 5.82 Å². The van der Waals surface area contributed by atoms with Gasteiger partial charge in [0.2, 0.25) is 0 Å². The van der Waals surface area contributed by atoms with E-state index < -0.39 is 24.6 Å². The molecule has 1 aromatic carbocycles. The van der Waals surface area contributed by atoms with Crippen molar-refractivity contribution in [3.05, 3.63) is 29.6 Å². The van der Waals surface area contributed by atoms with Gasteiger partial charge >= 0.3 is 6.18 Å². The normalized spacial score (nSPS) is 13.5. The maximum atomic E-state index is 13.7. The molecule has 0 radical (unpaired) electrons. The second-order valence-electron chi connectivity index (χ2n) is 4.02. The molecule has 0 aliphatic carbocycles. The number of hydrogen-bond donors (Lipinski definition) is 1. The Hall–Kier alpha value is -1.30. The molecule has 0 bridgehead atoms. The Labute approximate surface area is 103 Å². The molecular formula is C12H15F4NO. The first-order chi connectivity index (χ1) is 8.24. The van der Waals surface area contributed by atoms with Crippen LogP contribution in [0.3, 0.4) is 0 Å². The van der Waals surface area contributed by atoms with Gasteiger partial charge in [0, 0.05) is 6.54 Å². The number of alkyl halides is 3. The van der Waals surface area contributed by atoms with Crippen LogP contribution < -0.4 is 4.90 Å². The Morgan fingerprint density at radius 1 is 1.33 bits per heavy atom. The first-order valence-electron chi connectivity index (χ1n) is 5.53. The molecule has 0 saturated carbocycles. The van der Waals surface area contributed by atoms with Gasteiger partial charge in [0.05, 0.1) is 11.8 Å². The van der Waals surface area contributed by atoms with E-state index in [2.05, 4.69) is 0 Å². The van der Waals surface area contributed by atoms with E-state index in [4.69, 9.17) is 0 Å². The predicted octanol–water partition coefficient (Wildman–Crippen LogP) is 3.27. The maximum absolute atomic E-state index is 13.7. The van der Waals surface area contributed by atoms with Crippen molar-refractivity contribution in [2.24, 2.45) is 0 Å². The van der Waals surface area contributed by atoms with Crippen molar-refractivity contribution in [1.82, 2.24) is 0 Å². The standard InChI is InChI=1S/C12H15F4NO/c1-3-17(7-12(14,15)16)11-5-4-9(8(2)18)6-10(11)13/h4-6,8,18H,3,7H2,1-2H3/t8-/m0/s1. The molecule has 0 amide bonds. The van der Waals surface area contributed by atoms with E-state index in [1.807, 2.05) is 0 Å². The topological polar surface area (TPSA) is 23.5 Å². The molecule has 1 atom stereocenters. The van der Waals surface area contributed by atoms with Gasteiger partial charge in [-0.1, -0.05) is 6.07 Å². The molecule has 2 nitrogen and oxygen atoms in total. The fourth-order valence-electron chi connectivity index (χ4n) is 1.62. The van der Waals surface area contributed by atoms with Crippen LogP contribution in [0.1, 0.15) is 25.5 Å². The fourth-order valence-corrected chi connectivity index (χ4v) is 1.62. The van der Waals surface area contributed by atoms with Crippen LogP contribution in [0.15, 0.2) is 18.2 Å². The number of hydrogen-bond acceptors (Lipinski definition) is 2. The molecule has 102 valence electrons. The van der Waals surface area contributed by atoms with Gasteiger partial charge in [-0.3, -0.25) is 0 Å². The summed E-state index contributed by atoms with van der Waals surface area (Å²) in [6.45, 7) is 1.83. The van der Waals surface area contributed by atoms with Crippen LogP contribution in [0.2, 0.25) is 0 Å². The third kappa shape index (κ3) is 3.87. The number of rotatable bonds is 4. The van der Waals surface area contributed by atoms with Crippen molar-refractivity contribution in [1.29, 1.82) is 0 Å². The van der Waals surface area contributed by atoms with Crippen molar-refractivity contribution in [3.8, 4) is 0 Å². The molecule has 6 heteroatoms. The van der Waals surface area contributed by atoms with Crippen LogP contribution in [0.25, 0.3) is 0 Å². The van der Waals surface area contributed by atoms with Gasteiger partial charge < -0.3 is 10.0 Å². The summed E-state index contributed by atoms with van der Waals surface area (Å²) >= 11 is 0. The van der Waals surface area contributed by atoms with E-state index in [0.29, 0.717) is 5.56 Å². The Bertz CT molecular complexity index is 404. The van der Waals surface area contributed by atoms with Crippen molar-refractivity contribution in [2.45, 2.75) is 26.1 Å².